The van der Waals surface area contributed by atoms with Crippen molar-refractivity contribution in [3.63, 3.8) is 0 Å². The molecule has 2 amide bonds. The lowest BCUT2D eigenvalue weighted by Gasteiger charge is -2.36. The van der Waals surface area contributed by atoms with Gasteiger partial charge in [0, 0.05) is 18.8 Å². The highest BCUT2D eigenvalue weighted by Crippen LogP contribution is 2.24. The van der Waals surface area contributed by atoms with Crippen molar-refractivity contribution in [3.8, 4) is 0 Å². The van der Waals surface area contributed by atoms with Crippen LogP contribution in [0.3, 0.4) is 0 Å². The van der Waals surface area contributed by atoms with Crippen molar-refractivity contribution in [3.05, 3.63) is 28.2 Å². The summed E-state index contributed by atoms with van der Waals surface area (Å²) >= 11 is 11.8. The second kappa shape index (κ2) is 8.85. The van der Waals surface area contributed by atoms with Gasteiger partial charge >= 0.3 is 0 Å². The number of rotatable bonds is 5. The molecule has 0 saturated carbocycles. The summed E-state index contributed by atoms with van der Waals surface area (Å²) in [5.74, 6) is -0.232. The number of morpholine rings is 1. The van der Waals surface area contributed by atoms with E-state index in [1.807, 2.05) is 13.8 Å². The summed E-state index contributed by atoms with van der Waals surface area (Å²) in [6, 6.07) is 4.88. The monoisotopic (exact) mass is 387 g/mol. The average molecular weight is 388 g/mol. The fourth-order valence-electron chi connectivity index (χ4n) is 2.79. The van der Waals surface area contributed by atoms with Crippen LogP contribution in [0.2, 0.25) is 10.0 Å². The van der Waals surface area contributed by atoms with Crippen molar-refractivity contribution in [2.24, 2.45) is 0 Å². The molecule has 1 aromatic carbocycles. The minimum atomic E-state index is -0.225. The molecule has 2 rings (SSSR count). The van der Waals surface area contributed by atoms with Crippen molar-refractivity contribution in [2.45, 2.75) is 26.1 Å². The fourth-order valence-corrected chi connectivity index (χ4v) is 3.09. The van der Waals surface area contributed by atoms with Gasteiger partial charge in [-0.25, -0.2) is 0 Å². The van der Waals surface area contributed by atoms with Crippen LogP contribution in [0.4, 0.5) is 5.69 Å². The number of ether oxygens (including phenoxy) is 1. The summed E-state index contributed by atoms with van der Waals surface area (Å²) in [5, 5.41) is 3.54. The summed E-state index contributed by atoms with van der Waals surface area (Å²) < 4.78 is 5.63. The Morgan fingerprint density at radius 1 is 1.20 bits per heavy atom. The number of anilines is 1. The van der Waals surface area contributed by atoms with Gasteiger partial charge in [-0.05, 0) is 39.1 Å². The molecule has 2 atom stereocenters. The van der Waals surface area contributed by atoms with Crippen LogP contribution in [0.5, 0.6) is 0 Å². The summed E-state index contributed by atoms with van der Waals surface area (Å²) in [6.07, 6.45) is 0.0481. The molecule has 1 aliphatic rings. The van der Waals surface area contributed by atoms with Gasteiger partial charge in [0.25, 0.3) is 0 Å². The molecule has 0 aliphatic carbocycles. The first kappa shape index (κ1) is 20.0. The number of benzene rings is 1. The van der Waals surface area contributed by atoms with Crippen LogP contribution in [-0.2, 0) is 14.3 Å². The van der Waals surface area contributed by atoms with Crippen molar-refractivity contribution >= 4 is 40.7 Å². The Balaban J connectivity index is 1.82. The minimum Gasteiger partial charge on any atom is -0.372 e. The van der Waals surface area contributed by atoms with E-state index < -0.39 is 0 Å². The number of carbonyl (C=O) groups is 2. The zero-order chi connectivity index (χ0) is 18.6. The molecule has 1 heterocycles. The van der Waals surface area contributed by atoms with Crippen molar-refractivity contribution in [1.29, 1.82) is 0 Å². The van der Waals surface area contributed by atoms with E-state index in [0.29, 0.717) is 28.8 Å². The molecule has 8 heteroatoms. The predicted molar refractivity (Wildman–Crippen MR) is 99.2 cm³/mol. The minimum absolute atomic E-state index is 0.00756. The second-order valence-electron chi connectivity index (χ2n) is 6.41. The maximum absolute atomic E-state index is 12.4. The van der Waals surface area contributed by atoms with Gasteiger partial charge in [-0.1, -0.05) is 23.2 Å². The molecular weight excluding hydrogens is 365 g/mol. The van der Waals surface area contributed by atoms with Gasteiger partial charge in [-0.15, -0.1) is 0 Å². The summed E-state index contributed by atoms with van der Waals surface area (Å²) in [5.41, 5.74) is 0.565. The Hall–Kier alpha value is -1.34. The van der Waals surface area contributed by atoms with E-state index in [1.54, 1.807) is 35.0 Å². The van der Waals surface area contributed by atoms with E-state index in [-0.39, 0.29) is 37.1 Å². The molecule has 2 unspecified atom stereocenters. The van der Waals surface area contributed by atoms with E-state index in [4.69, 9.17) is 27.9 Å². The molecular formula is C17H23Cl2N3O3. The Morgan fingerprint density at radius 2 is 1.84 bits per heavy atom. The van der Waals surface area contributed by atoms with Gasteiger partial charge in [0.05, 0.1) is 35.3 Å². The maximum atomic E-state index is 12.4. The Morgan fingerprint density at radius 3 is 2.44 bits per heavy atom. The maximum Gasteiger partial charge on any atom is 0.238 e. The van der Waals surface area contributed by atoms with Gasteiger partial charge in [-0.3, -0.25) is 14.5 Å². The third-order valence-electron chi connectivity index (χ3n) is 3.79. The van der Waals surface area contributed by atoms with E-state index in [1.165, 1.54) is 0 Å². The normalized spacial score (nSPS) is 20.6. The smallest absolute Gasteiger partial charge is 0.238 e. The first-order valence-electron chi connectivity index (χ1n) is 8.11. The summed E-state index contributed by atoms with van der Waals surface area (Å²) in [6.45, 7) is 5.32. The molecule has 138 valence electrons. The third kappa shape index (κ3) is 6.15. The average Bonchev–Trinajstić information content (AvgIpc) is 2.49. The van der Waals surface area contributed by atoms with Gasteiger partial charge in [0.2, 0.25) is 11.8 Å². The fraction of sp³-hybridized carbons (Fsp3) is 0.529. The Kier molecular flexibility index (Phi) is 7.07. The zero-order valence-corrected chi connectivity index (χ0v) is 16.1. The highest BCUT2D eigenvalue weighted by atomic mass is 35.5. The number of nitrogens with one attached hydrogen (secondary N) is 1. The highest BCUT2D eigenvalue weighted by molar-refractivity contribution is 6.42. The van der Waals surface area contributed by atoms with Gasteiger partial charge in [-0.2, -0.15) is 0 Å². The molecule has 25 heavy (non-hydrogen) atoms. The van der Waals surface area contributed by atoms with Crippen LogP contribution in [0.1, 0.15) is 13.8 Å². The Labute approximate surface area is 158 Å². The first-order chi connectivity index (χ1) is 11.7. The lowest BCUT2D eigenvalue weighted by molar-refractivity contribution is -0.144. The van der Waals surface area contributed by atoms with Crippen molar-refractivity contribution < 1.29 is 14.3 Å². The largest absolute Gasteiger partial charge is 0.372 e. The first-order valence-corrected chi connectivity index (χ1v) is 8.87. The number of halogens is 2. The van der Waals surface area contributed by atoms with E-state index in [2.05, 4.69) is 5.32 Å². The SMILES string of the molecule is CC1CN(C(=O)CN(C)CC(=O)Nc2ccc(Cl)c(Cl)c2)CC(C)O1. The molecule has 1 aliphatic heterocycles. The number of hydrogen-bond donors (Lipinski definition) is 1. The predicted octanol–water partition coefficient (Wildman–Crippen LogP) is 2.50. The van der Waals surface area contributed by atoms with Crippen molar-refractivity contribution in [1.82, 2.24) is 9.80 Å². The highest BCUT2D eigenvalue weighted by Gasteiger charge is 2.26. The quantitative estimate of drug-likeness (QED) is 0.842. The van der Waals surface area contributed by atoms with Crippen molar-refractivity contribution in [2.75, 3.05) is 38.5 Å². The van der Waals surface area contributed by atoms with E-state index in [9.17, 15) is 9.59 Å². The van der Waals surface area contributed by atoms with Crippen LogP contribution >= 0.6 is 23.2 Å². The standard InChI is InChI=1S/C17H23Cl2N3O3/c1-11-7-22(8-12(2)25-11)17(24)10-21(3)9-16(23)20-13-4-5-14(18)15(19)6-13/h4-6,11-12H,7-10H2,1-3H3,(H,20,23). The topological polar surface area (TPSA) is 61.9 Å². The summed E-state index contributed by atoms with van der Waals surface area (Å²) in [7, 11) is 1.74. The molecule has 1 fully saturated rings. The number of likely N-dealkylation sites (N-methyl/N-ethyl adjacent to an activating group) is 1. The third-order valence-corrected chi connectivity index (χ3v) is 4.53. The molecule has 1 N–H and O–H groups in total. The molecule has 1 saturated heterocycles. The lowest BCUT2D eigenvalue weighted by Crippen LogP contribution is -2.51. The number of nitrogens with zero attached hydrogens (tertiary/aromatic N) is 2. The molecule has 0 bridgehead atoms. The molecule has 1 aromatic rings. The number of amides is 2. The Bertz CT molecular complexity index is 632. The number of carbonyl (C=O) groups excluding carboxylic acids is 2. The van der Waals surface area contributed by atoms with Crippen LogP contribution in [0.25, 0.3) is 0 Å². The van der Waals surface area contributed by atoms with Crippen LogP contribution < -0.4 is 5.32 Å². The van der Waals surface area contributed by atoms with Gasteiger partial charge in [0.15, 0.2) is 0 Å². The van der Waals surface area contributed by atoms with Crippen LogP contribution in [-0.4, -0.2) is 67.0 Å². The molecule has 0 spiro atoms. The van der Waals surface area contributed by atoms with E-state index in [0.717, 1.165) is 0 Å². The molecule has 6 nitrogen and oxygen atoms in total. The zero-order valence-electron chi connectivity index (χ0n) is 14.6. The van der Waals surface area contributed by atoms with Gasteiger partial charge in [0.1, 0.15) is 0 Å². The molecule has 0 aromatic heterocycles. The van der Waals surface area contributed by atoms with Gasteiger partial charge < -0.3 is 15.0 Å². The number of hydrogen-bond acceptors (Lipinski definition) is 4. The van der Waals surface area contributed by atoms with Crippen LogP contribution in [0.15, 0.2) is 18.2 Å². The lowest BCUT2D eigenvalue weighted by atomic mass is 10.2. The molecule has 0 radical (unpaired) electrons. The van der Waals surface area contributed by atoms with Crippen LogP contribution in [0, 0.1) is 0 Å². The van der Waals surface area contributed by atoms with E-state index >= 15 is 0 Å². The summed E-state index contributed by atoms with van der Waals surface area (Å²) in [4.78, 5) is 28.0. The second-order valence-corrected chi connectivity index (χ2v) is 7.22.